The number of nitrogens with zero attached hydrogens (tertiary/aromatic N) is 4. The average Bonchev–Trinajstić information content (AvgIpc) is 2.91. The van der Waals surface area contributed by atoms with E-state index in [1.165, 1.54) is 11.8 Å². The number of thiazole rings is 1. The molecule has 0 atom stereocenters. The molecule has 2 heterocycles. The van der Waals surface area contributed by atoms with Crippen LogP contribution in [0.3, 0.4) is 0 Å². The molecule has 19 heavy (non-hydrogen) atoms. The van der Waals surface area contributed by atoms with Gasteiger partial charge in [0, 0.05) is 7.05 Å². The zero-order valence-corrected chi connectivity index (χ0v) is 12.0. The first-order chi connectivity index (χ1) is 9.19. The molecule has 3 aromatic rings. The predicted octanol–water partition coefficient (Wildman–Crippen LogP) is 3.36. The second-order valence-corrected chi connectivity index (χ2v) is 6.32. The van der Waals surface area contributed by atoms with Crippen molar-refractivity contribution in [2.75, 3.05) is 0 Å². The fourth-order valence-corrected chi connectivity index (χ4v) is 4.01. The first-order valence-corrected chi connectivity index (χ1v) is 7.29. The Labute approximate surface area is 118 Å². The molecule has 6 heteroatoms. The number of rotatable bonds is 2. The van der Waals surface area contributed by atoms with Crippen LogP contribution in [0.1, 0.15) is 11.3 Å². The summed E-state index contributed by atoms with van der Waals surface area (Å²) in [4.78, 5) is 4.56. The summed E-state index contributed by atoms with van der Waals surface area (Å²) >= 11 is 3.13. The smallest absolute Gasteiger partial charge is 0.157 e. The third-order valence-electron chi connectivity index (χ3n) is 2.74. The molecule has 1 aromatic carbocycles. The van der Waals surface area contributed by atoms with E-state index in [0.717, 1.165) is 25.3 Å². The molecule has 0 N–H and O–H groups in total. The number of aromatic nitrogens is 3. The molecule has 3 rings (SSSR count). The van der Waals surface area contributed by atoms with Crippen LogP contribution in [0.25, 0.3) is 10.2 Å². The molecule has 0 saturated carbocycles. The van der Waals surface area contributed by atoms with Crippen molar-refractivity contribution >= 4 is 33.3 Å². The molecule has 0 radical (unpaired) electrons. The maximum absolute atomic E-state index is 9.20. The lowest BCUT2D eigenvalue weighted by Gasteiger charge is -1.98. The van der Waals surface area contributed by atoms with Gasteiger partial charge in [-0.1, -0.05) is 12.1 Å². The lowest BCUT2D eigenvalue weighted by molar-refractivity contribution is 0.691. The molecule has 94 valence electrons. The summed E-state index contributed by atoms with van der Waals surface area (Å²) in [7, 11) is 1.85. The highest BCUT2D eigenvalue weighted by atomic mass is 32.2. The summed E-state index contributed by atoms with van der Waals surface area (Å²) in [6, 6.07) is 10.2. The molecule has 0 aliphatic carbocycles. The Morgan fingerprint density at radius 1 is 1.37 bits per heavy atom. The molecule has 4 nitrogen and oxygen atoms in total. The minimum Gasteiger partial charge on any atom is -0.260 e. The summed E-state index contributed by atoms with van der Waals surface area (Å²) in [5.41, 5.74) is 2.38. The lowest BCUT2D eigenvalue weighted by atomic mass is 10.3. The second kappa shape index (κ2) is 4.68. The topological polar surface area (TPSA) is 54.5 Å². The number of benzene rings is 1. The van der Waals surface area contributed by atoms with E-state index in [4.69, 9.17) is 0 Å². The Balaban J connectivity index is 2.04. The molecule has 0 bridgehead atoms. The van der Waals surface area contributed by atoms with Crippen molar-refractivity contribution in [1.82, 2.24) is 14.8 Å². The number of para-hydroxylation sites is 1. The zero-order valence-electron chi connectivity index (χ0n) is 10.4. The fourth-order valence-electron chi connectivity index (χ4n) is 1.86. The Morgan fingerprint density at radius 2 is 2.16 bits per heavy atom. The van der Waals surface area contributed by atoms with Gasteiger partial charge in [-0.3, -0.25) is 4.68 Å². The first-order valence-electron chi connectivity index (χ1n) is 5.66. The quantitative estimate of drug-likeness (QED) is 0.725. The zero-order chi connectivity index (χ0) is 13.4. The minimum atomic E-state index is 0.631. The monoisotopic (exact) mass is 286 g/mol. The molecule has 0 saturated heterocycles. The van der Waals surface area contributed by atoms with Crippen LogP contribution in [0.5, 0.6) is 0 Å². The molecule has 0 spiro atoms. The van der Waals surface area contributed by atoms with Crippen LogP contribution in [-0.4, -0.2) is 14.8 Å². The van der Waals surface area contributed by atoms with Crippen molar-refractivity contribution < 1.29 is 0 Å². The van der Waals surface area contributed by atoms with Crippen LogP contribution in [0, 0.1) is 18.3 Å². The molecule has 0 fully saturated rings. The third kappa shape index (κ3) is 2.11. The normalized spacial score (nSPS) is 10.8. The van der Waals surface area contributed by atoms with Crippen molar-refractivity contribution in [2.45, 2.75) is 16.3 Å². The van der Waals surface area contributed by atoms with Crippen LogP contribution < -0.4 is 0 Å². The standard InChI is InChI=1S/C13H10N4S2/c1-8-9(7-14)12(17(2)16-8)19-13-15-10-5-3-4-6-11(10)18-13/h3-6H,1-2H3. The molecule has 2 aromatic heterocycles. The van der Waals surface area contributed by atoms with E-state index in [0.29, 0.717) is 5.56 Å². The predicted molar refractivity (Wildman–Crippen MR) is 76.4 cm³/mol. The average molecular weight is 286 g/mol. The van der Waals surface area contributed by atoms with Crippen molar-refractivity contribution in [3.8, 4) is 6.07 Å². The number of hydrogen-bond donors (Lipinski definition) is 0. The number of hydrogen-bond acceptors (Lipinski definition) is 5. The van der Waals surface area contributed by atoms with Gasteiger partial charge in [-0.2, -0.15) is 10.4 Å². The molecule has 0 aliphatic heterocycles. The molecular formula is C13H10N4S2. The highest BCUT2D eigenvalue weighted by Crippen LogP contribution is 2.36. The highest BCUT2D eigenvalue weighted by Gasteiger charge is 2.16. The Bertz CT molecular complexity index is 762. The van der Waals surface area contributed by atoms with Gasteiger partial charge in [0.05, 0.1) is 15.9 Å². The Morgan fingerprint density at radius 3 is 2.89 bits per heavy atom. The minimum absolute atomic E-state index is 0.631. The number of fused-ring (bicyclic) bond motifs is 1. The SMILES string of the molecule is Cc1nn(C)c(Sc2nc3ccccc3s2)c1C#N. The van der Waals surface area contributed by atoms with E-state index in [1.54, 1.807) is 16.0 Å². The van der Waals surface area contributed by atoms with Crippen molar-refractivity contribution in [2.24, 2.45) is 7.05 Å². The van der Waals surface area contributed by atoms with E-state index in [-0.39, 0.29) is 0 Å². The van der Waals surface area contributed by atoms with Gasteiger partial charge in [0.15, 0.2) is 4.34 Å². The van der Waals surface area contributed by atoms with Crippen molar-refractivity contribution in [3.05, 3.63) is 35.5 Å². The van der Waals surface area contributed by atoms with Gasteiger partial charge >= 0.3 is 0 Å². The van der Waals surface area contributed by atoms with Gasteiger partial charge in [0.2, 0.25) is 0 Å². The van der Waals surface area contributed by atoms with E-state index in [1.807, 2.05) is 32.2 Å². The third-order valence-corrected chi connectivity index (χ3v) is 5.00. The van der Waals surface area contributed by atoms with Gasteiger partial charge in [0.1, 0.15) is 16.7 Å². The summed E-state index contributed by atoms with van der Waals surface area (Å²) in [5.74, 6) is 0. The lowest BCUT2D eigenvalue weighted by Crippen LogP contribution is -1.92. The fraction of sp³-hybridized carbons (Fsp3) is 0.154. The molecular weight excluding hydrogens is 276 g/mol. The molecule has 0 unspecified atom stereocenters. The van der Waals surface area contributed by atoms with Crippen LogP contribution in [0.2, 0.25) is 0 Å². The van der Waals surface area contributed by atoms with E-state index >= 15 is 0 Å². The second-order valence-electron chi connectivity index (χ2n) is 4.05. The van der Waals surface area contributed by atoms with E-state index < -0.39 is 0 Å². The maximum atomic E-state index is 9.20. The van der Waals surface area contributed by atoms with Gasteiger partial charge in [0.25, 0.3) is 0 Å². The van der Waals surface area contributed by atoms with Crippen LogP contribution in [-0.2, 0) is 7.05 Å². The molecule has 0 amide bonds. The summed E-state index contributed by atoms with van der Waals surface area (Å²) in [5, 5.41) is 14.3. The van der Waals surface area contributed by atoms with E-state index in [9.17, 15) is 5.26 Å². The Kier molecular flexibility index (Phi) is 3.01. The highest BCUT2D eigenvalue weighted by molar-refractivity contribution is 8.01. The van der Waals surface area contributed by atoms with Crippen LogP contribution >= 0.6 is 23.1 Å². The van der Waals surface area contributed by atoms with Crippen LogP contribution in [0.4, 0.5) is 0 Å². The van der Waals surface area contributed by atoms with Gasteiger partial charge in [-0.25, -0.2) is 4.98 Å². The largest absolute Gasteiger partial charge is 0.260 e. The van der Waals surface area contributed by atoms with Gasteiger partial charge in [-0.05, 0) is 30.8 Å². The number of nitriles is 1. The summed E-state index contributed by atoms with van der Waals surface area (Å²) in [6.07, 6.45) is 0. The van der Waals surface area contributed by atoms with Gasteiger partial charge in [-0.15, -0.1) is 11.3 Å². The summed E-state index contributed by atoms with van der Waals surface area (Å²) in [6.45, 7) is 1.85. The van der Waals surface area contributed by atoms with E-state index in [2.05, 4.69) is 22.2 Å². The first kappa shape index (κ1) is 12.2. The molecule has 0 aliphatic rings. The van der Waals surface area contributed by atoms with Crippen LogP contribution in [0.15, 0.2) is 33.6 Å². The summed E-state index contributed by atoms with van der Waals surface area (Å²) < 4.78 is 3.83. The Hall–Kier alpha value is -1.84. The number of aryl methyl sites for hydroxylation is 2. The van der Waals surface area contributed by atoms with Gasteiger partial charge < -0.3 is 0 Å². The maximum Gasteiger partial charge on any atom is 0.157 e. The van der Waals surface area contributed by atoms with Crippen molar-refractivity contribution in [3.63, 3.8) is 0 Å². The van der Waals surface area contributed by atoms with Crippen molar-refractivity contribution in [1.29, 1.82) is 5.26 Å².